The number of rotatable bonds is 3. The topological polar surface area (TPSA) is 65.4 Å². The van der Waals surface area contributed by atoms with Gasteiger partial charge in [0.25, 0.3) is 0 Å². The molecule has 88 valence electrons. The molecule has 0 aliphatic carbocycles. The van der Waals surface area contributed by atoms with Crippen molar-refractivity contribution in [2.24, 2.45) is 0 Å². The maximum Gasteiger partial charge on any atom is 0.157 e. The van der Waals surface area contributed by atoms with Crippen molar-refractivity contribution in [2.45, 2.75) is 6.54 Å². The zero-order chi connectivity index (χ0) is 12.3. The van der Waals surface area contributed by atoms with Crippen molar-refractivity contribution in [3.05, 3.63) is 46.7 Å². The monoisotopic (exact) mass is 294 g/mol. The third-order valence-corrected chi connectivity index (χ3v) is 2.68. The van der Waals surface area contributed by atoms with Gasteiger partial charge in [0.2, 0.25) is 0 Å². The van der Waals surface area contributed by atoms with E-state index >= 15 is 0 Å². The molecular formula is C12H11BrN2O2. The van der Waals surface area contributed by atoms with Crippen LogP contribution in [0.3, 0.4) is 0 Å². The third-order valence-electron chi connectivity index (χ3n) is 2.24. The zero-order valence-electron chi connectivity index (χ0n) is 8.89. The number of nitrogens with one attached hydrogen (secondary N) is 1. The Balaban J connectivity index is 2.05. The summed E-state index contributed by atoms with van der Waals surface area (Å²) in [5.41, 5.74) is 1.76. The van der Waals surface area contributed by atoms with Crippen LogP contribution in [0.4, 0.5) is 5.69 Å². The summed E-state index contributed by atoms with van der Waals surface area (Å²) in [5.74, 6) is -0.227. The van der Waals surface area contributed by atoms with Crippen molar-refractivity contribution in [3.8, 4) is 11.5 Å². The van der Waals surface area contributed by atoms with E-state index < -0.39 is 0 Å². The maximum absolute atomic E-state index is 9.34. The van der Waals surface area contributed by atoms with Crippen LogP contribution in [0.1, 0.15) is 5.56 Å². The molecule has 2 aromatic rings. The minimum absolute atomic E-state index is 0.113. The molecule has 0 saturated carbocycles. The van der Waals surface area contributed by atoms with Crippen LogP contribution in [0.5, 0.6) is 11.5 Å². The molecule has 0 atom stereocenters. The lowest BCUT2D eigenvalue weighted by atomic mass is 10.2. The number of anilines is 1. The summed E-state index contributed by atoms with van der Waals surface area (Å²) in [4.78, 5) is 4.03. The molecule has 0 amide bonds. The third kappa shape index (κ3) is 3.10. The molecule has 3 N–H and O–H groups in total. The first kappa shape index (κ1) is 11.7. The Hall–Kier alpha value is -1.75. The molecule has 0 fully saturated rings. The zero-order valence-corrected chi connectivity index (χ0v) is 10.5. The smallest absolute Gasteiger partial charge is 0.157 e. The predicted octanol–water partition coefficient (Wildman–Crippen LogP) is 2.87. The van der Waals surface area contributed by atoms with Gasteiger partial charge in [-0.2, -0.15) is 0 Å². The van der Waals surface area contributed by atoms with E-state index in [1.54, 1.807) is 18.5 Å². The number of aromatic hydroxyl groups is 2. The Labute approximate surface area is 107 Å². The van der Waals surface area contributed by atoms with Crippen LogP contribution in [0.25, 0.3) is 0 Å². The highest BCUT2D eigenvalue weighted by Crippen LogP contribution is 2.25. The van der Waals surface area contributed by atoms with E-state index in [0.29, 0.717) is 6.54 Å². The molecule has 4 nitrogen and oxygen atoms in total. The van der Waals surface area contributed by atoms with Crippen LogP contribution in [0.15, 0.2) is 41.1 Å². The van der Waals surface area contributed by atoms with Crippen molar-refractivity contribution in [1.82, 2.24) is 4.98 Å². The van der Waals surface area contributed by atoms with E-state index in [2.05, 4.69) is 26.2 Å². The lowest BCUT2D eigenvalue weighted by Crippen LogP contribution is -1.99. The van der Waals surface area contributed by atoms with Crippen molar-refractivity contribution < 1.29 is 10.2 Å². The van der Waals surface area contributed by atoms with Crippen LogP contribution in [0.2, 0.25) is 0 Å². The van der Waals surface area contributed by atoms with Crippen LogP contribution in [-0.4, -0.2) is 15.2 Å². The Morgan fingerprint density at radius 3 is 2.65 bits per heavy atom. The first-order valence-electron chi connectivity index (χ1n) is 5.00. The van der Waals surface area contributed by atoms with Gasteiger partial charge in [-0.3, -0.25) is 4.98 Å². The highest BCUT2D eigenvalue weighted by atomic mass is 79.9. The van der Waals surface area contributed by atoms with Gasteiger partial charge in [0, 0.05) is 17.2 Å². The average molecular weight is 295 g/mol. The number of aromatic nitrogens is 1. The number of hydrogen-bond donors (Lipinski definition) is 3. The Morgan fingerprint density at radius 2 is 1.94 bits per heavy atom. The predicted molar refractivity (Wildman–Crippen MR) is 69.0 cm³/mol. The summed E-state index contributed by atoms with van der Waals surface area (Å²) < 4.78 is 0.899. The highest BCUT2D eigenvalue weighted by molar-refractivity contribution is 9.10. The Bertz CT molecular complexity index is 532. The van der Waals surface area contributed by atoms with Gasteiger partial charge in [0.1, 0.15) is 0 Å². The molecule has 5 heteroatoms. The van der Waals surface area contributed by atoms with Crippen molar-refractivity contribution >= 4 is 21.6 Å². The quantitative estimate of drug-likeness (QED) is 0.762. The summed E-state index contributed by atoms with van der Waals surface area (Å²) in [6, 6.07) is 6.64. The number of halogens is 1. The second-order valence-corrected chi connectivity index (χ2v) is 4.48. The Kier molecular flexibility index (Phi) is 3.49. The maximum atomic E-state index is 9.34. The number of phenolic OH excluding ortho intramolecular Hbond substituents is 2. The molecule has 17 heavy (non-hydrogen) atoms. The first-order valence-corrected chi connectivity index (χ1v) is 5.80. The lowest BCUT2D eigenvalue weighted by molar-refractivity contribution is 0.403. The second kappa shape index (κ2) is 5.05. The molecule has 1 aromatic carbocycles. The van der Waals surface area contributed by atoms with Gasteiger partial charge in [-0.05, 0) is 39.7 Å². The summed E-state index contributed by atoms with van der Waals surface area (Å²) in [6.07, 6.45) is 3.42. The molecule has 0 spiro atoms. The summed E-state index contributed by atoms with van der Waals surface area (Å²) in [7, 11) is 0. The fourth-order valence-electron chi connectivity index (χ4n) is 1.39. The second-order valence-electron chi connectivity index (χ2n) is 3.57. The van der Waals surface area contributed by atoms with Crippen molar-refractivity contribution in [3.63, 3.8) is 0 Å². The van der Waals surface area contributed by atoms with Gasteiger partial charge < -0.3 is 15.5 Å². The normalized spacial score (nSPS) is 10.2. The molecule has 0 aliphatic heterocycles. The van der Waals surface area contributed by atoms with E-state index in [9.17, 15) is 10.2 Å². The van der Waals surface area contributed by atoms with Crippen LogP contribution in [0, 0.1) is 0 Å². The van der Waals surface area contributed by atoms with Gasteiger partial charge in [0.05, 0.1) is 11.9 Å². The molecular weight excluding hydrogens is 284 g/mol. The molecule has 0 aliphatic rings. The summed E-state index contributed by atoms with van der Waals surface area (Å²) >= 11 is 3.33. The standard InChI is InChI=1S/C12H11BrN2O2/c13-9-4-10(7-14-6-9)15-5-8-1-2-11(16)12(17)3-8/h1-4,6-7,15-17H,5H2. The van der Waals surface area contributed by atoms with Gasteiger partial charge in [-0.25, -0.2) is 0 Å². The van der Waals surface area contributed by atoms with Crippen molar-refractivity contribution in [2.75, 3.05) is 5.32 Å². The lowest BCUT2D eigenvalue weighted by Gasteiger charge is -2.07. The minimum atomic E-state index is -0.114. The van der Waals surface area contributed by atoms with Gasteiger partial charge in [-0.1, -0.05) is 6.07 Å². The SMILES string of the molecule is Oc1ccc(CNc2cncc(Br)c2)cc1O. The van der Waals surface area contributed by atoms with E-state index in [0.717, 1.165) is 15.7 Å². The number of benzene rings is 1. The number of phenols is 2. The molecule has 1 heterocycles. The van der Waals surface area contributed by atoms with Crippen LogP contribution < -0.4 is 5.32 Å². The van der Waals surface area contributed by atoms with Gasteiger partial charge in [0.15, 0.2) is 11.5 Å². The fraction of sp³-hybridized carbons (Fsp3) is 0.0833. The fourth-order valence-corrected chi connectivity index (χ4v) is 1.76. The first-order chi connectivity index (χ1) is 8.15. The Morgan fingerprint density at radius 1 is 1.12 bits per heavy atom. The van der Waals surface area contributed by atoms with E-state index in [-0.39, 0.29) is 11.5 Å². The van der Waals surface area contributed by atoms with Gasteiger partial charge in [-0.15, -0.1) is 0 Å². The summed E-state index contributed by atoms with van der Waals surface area (Å²) in [6.45, 7) is 0.548. The largest absolute Gasteiger partial charge is 0.504 e. The molecule has 0 bridgehead atoms. The number of hydrogen-bond acceptors (Lipinski definition) is 4. The number of pyridine rings is 1. The number of nitrogens with zero attached hydrogens (tertiary/aromatic N) is 1. The summed E-state index contributed by atoms with van der Waals surface area (Å²) in [5, 5.41) is 21.7. The minimum Gasteiger partial charge on any atom is -0.504 e. The molecule has 0 unspecified atom stereocenters. The van der Waals surface area contributed by atoms with Crippen molar-refractivity contribution in [1.29, 1.82) is 0 Å². The van der Waals surface area contributed by atoms with E-state index in [4.69, 9.17) is 0 Å². The van der Waals surface area contributed by atoms with E-state index in [1.807, 2.05) is 6.07 Å². The average Bonchev–Trinajstić information content (AvgIpc) is 2.31. The van der Waals surface area contributed by atoms with Gasteiger partial charge >= 0.3 is 0 Å². The van der Waals surface area contributed by atoms with E-state index in [1.165, 1.54) is 12.1 Å². The molecule has 0 saturated heterocycles. The van der Waals surface area contributed by atoms with Crippen LogP contribution in [-0.2, 0) is 6.54 Å². The highest BCUT2D eigenvalue weighted by Gasteiger charge is 2.01. The molecule has 1 aromatic heterocycles. The van der Waals surface area contributed by atoms with Crippen LogP contribution >= 0.6 is 15.9 Å². The molecule has 2 rings (SSSR count). The molecule has 0 radical (unpaired) electrons.